The second kappa shape index (κ2) is 5.10. The van der Waals surface area contributed by atoms with Crippen molar-refractivity contribution in [3.63, 3.8) is 0 Å². The monoisotopic (exact) mass is 260 g/mol. The molecule has 1 aromatic rings. The Labute approximate surface area is 115 Å². The van der Waals surface area contributed by atoms with Gasteiger partial charge >= 0.3 is 0 Å². The maximum atomic E-state index is 6.45. The van der Waals surface area contributed by atoms with Crippen LogP contribution in [0.25, 0.3) is 0 Å². The van der Waals surface area contributed by atoms with Crippen molar-refractivity contribution in [1.82, 2.24) is 9.88 Å². The summed E-state index contributed by atoms with van der Waals surface area (Å²) in [6.45, 7) is 0. The van der Waals surface area contributed by atoms with Crippen LogP contribution in [-0.2, 0) is 6.42 Å². The summed E-state index contributed by atoms with van der Waals surface area (Å²) in [7, 11) is 2.27. The van der Waals surface area contributed by atoms with Crippen LogP contribution < -0.4 is 11.5 Å². The lowest BCUT2D eigenvalue weighted by molar-refractivity contribution is 0.120. The minimum absolute atomic E-state index is 0.211. The molecule has 104 valence electrons. The molecule has 3 atom stereocenters. The van der Waals surface area contributed by atoms with Crippen molar-refractivity contribution in [2.45, 2.75) is 50.2 Å². The fourth-order valence-corrected chi connectivity index (χ4v) is 3.83. The van der Waals surface area contributed by atoms with Crippen LogP contribution in [0.3, 0.4) is 0 Å². The summed E-state index contributed by atoms with van der Waals surface area (Å²) in [4.78, 5) is 6.71. The van der Waals surface area contributed by atoms with Gasteiger partial charge in [-0.15, -0.1) is 0 Å². The lowest BCUT2D eigenvalue weighted by atomic mass is 9.83. The van der Waals surface area contributed by atoms with Gasteiger partial charge in [-0.2, -0.15) is 0 Å². The fraction of sp³-hybridized carbons (Fsp3) is 0.667. The Bertz CT molecular complexity index is 434. The molecule has 3 heterocycles. The minimum atomic E-state index is 0.211. The third-order valence-electron chi connectivity index (χ3n) is 5.14. The largest absolute Gasteiger partial charge is 0.398 e. The summed E-state index contributed by atoms with van der Waals surface area (Å²) >= 11 is 0. The summed E-state index contributed by atoms with van der Waals surface area (Å²) in [6, 6.07) is 3.57. The van der Waals surface area contributed by atoms with Crippen LogP contribution in [0.2, 0.25) is 0 Å². The highest BCUT2D eigenvalue weighted by molar-refractivity contribution is 5.44. The molecule has 0 amide bonds. The van der Waals surface area contributed by atoms with Gasteiger partial charge in [0.1, 0.15) is 0 Å². The Morgan fingerprint density at radius 1 is 1.37 bits per heavy atom. The second-order valence-electron chi connectivity index (χ2n) is 6.22. The first-order valence-electron chi connectivity index (χ1n) is 7.31. The predicted molar refractivity (Wildman–Crippen MR) is 77.6 cm³/mol. The molecule has 0 saturated carbocycles. The molecular weight excluding hydrogens is 236 g/mol. The molecule has 1 aromatic heterocycles. The Morgan fingerprint density at radius 3 is 2.68 bits per heavy atom. The van der Waals surface area contributed by atoms with Crippen molar-refractivity contribution in [3.05, 3.63) is 24.0 Å². The smallest absolute Gasteiger partial charge is 0.0378 e. The van der Waals surface area contributed by atoms with Crippen LogP contribution in [-0.4, -0.2) is 35.1 Å². The van der Waals surface area contributed by atoms with Gasteiger partial charge < -0.3 is 16.4 Å². The number of aromatic nitrogens is 1. The second-order valence-corrected chi connectivity index (χ2v) is 6.22. The molecule has 19 heavy (non-hydrogen) atoms. The van der Waals surface area contributed by atoms with E-state index in [0.717, 1.165) is 29.8 Å². The third-order valence-corrected chi connectivity index (χ3v) is 5.14. The number of nitrogens with two attached hydrogens (primary N) is 2. The van der Waals surface area contributed by atoms with Crippen LogP contribution >= 0.6 is 0 Å². The fourth-order valence-electron chi connectivity index (χ4n) is 3.83. The zero-order valence-corrected chi connectivity index (χ0v) is 11.6. The summed E-state index contributed by atoms with van der Waals surface area (Å²) in [5.41, 5.74) is 14.3. The lowest BCUT2D eigenvalue weighted by Gasteiger charge is -2.38. The van der Waals surface area contributed by atoms with Gasteiger partial charge in [-0.05, 0) is 56.7 Å². The molecule has 0 spiro atoms. The Kier molecular flexibility index (Phi) is 3.46. The number of pyridine rings is 1. The molecule has 2 aliphatic rings. The lowest BCUT2D eigenvalue weighted by Crippen LogP contribution is -2.46. The van der Waals surface area contributed by atoms with Crippen molar-refractivity contribution in [2.24, 2.45) is 11.7 Å². The quantitative estimate of drug-likeness (QED) is 0.862. The van der Waals surface area contributed by atoms with Crippen LogP contribution in [0.4, 0.5) is 5.69 Å². The van der Waals surface area contributed by atoms with E-state index in [-0.39, 0.29) is 6.04 Å². The van der Waals surface area contributed by atoms with E-state index in [4.69, 9.17) is 11.5 Å². The topological polar surface area (TPSA) is 68.2 Å². The first kappa shape index (κ1) is 12.9. The summed E-state index contributed by atoms with van der Waals surface area (Å²) in [5.74, 6) is 0.633. The average molecular weight is 260 g/mol. The zero-order chi connectivity index (χ0) is 13.4. The van der Waals surface area contributed by atoms with Crippen molar-refractivity contribution < 1.29 is 0 Å². The van der Waals surface area contributed by atoms with E-state index in [1.54, 1.807) is 6.20 Å². The molecule has 0 radical (unpaired) electrons. The van der Waals surface area contributed by atoms with Gasteiger partial charge in [0, 0.05) is 36.2 Å². The first-order valence-corrected chi connectivity index (χ1v) is 7.31. The number of nitrogens with zero attached hydrogens (tertiary/aromatic N) is 2. The molecule has 0 aromatic carbocycles. The predicted octanol–water partition coefficient (Wildman–Crippen LogP) is 1.41. The van der Waals surface area contributed by atoms with E-state index in [0.29, 0.717) is 5.92 Å². The van der Waals surface area contributed by atoms with Gasteiger partial charge in [0.15, 0.2) is 0 Å². The summed E-state index contributed by atoms with van der Waals surface area (Å²) in [5, 5.41) is 0. The number of hydrogen-bond acceptors (Lipinski definition) is 4. The molecule has 0 aliphatic carbocycles. The molecule has 2 bridgehead atoms. The van der Waals surface area contributed by atoms with E-state index in [1.165, 1.54) is 25.7 Å². The minimum Gasteiger partial charge on any atom is -0.398 e. The molecule has 3 unspecified atom stereocenters. The van der Waals surface area contributed by atoms with E-state index in [1.807, 2.05) is 12.3 Å². The highest BCUT2D eigenvalue weighted by Gasteiger charge is 2.40. The molecule has 3 rings (SSSR count). The van der Waals surface area contributed by atoms with E-state index in [2.05, 4.69) is 16.9 Å². The molecule has 4 heteroatoms. The summed E-state index contributed by atoms with van der Waals surface area (Å²) in [6.07, 6.45) is 9.63. The van der Waals surface area contributed by atoms with Crippen molar-refractivity contribution in [1.29, 1.82) is 0 Å². The van der Waals surface area contributed by atoms with Crippen molar-refractivity contribution in [3.8, 4) is 0 Å². The number of fused-ring (bicyclic) bond motifs is 2. The Balaban J connectivity index is 1.65. The molecule has 4 nitrogen and oxygen atoms in total. The molecular formula is C15H24N4. The van der Waals surface area contributed by atoms with Gasteiger partial charge in [-0.3, -0.25) is 4.98 Å². The maximum absolute atomic E-state index is 6.45. The van der Waals surface area contributed by atoms with E-state index in [9.17, 15) is 0 Å². The molecule has 4 N–H and O–H groups in total. The highest BCUT2D eigenvalue weighted by atomic mass is 15.2. The SMILES string of the molecule is CN1C2CCC1CC(C(N)Cc1cnccc1N)C2. The van der Waals surface area contributed by atoms with Gasteiger partial charge in [-0.1, -0.05) is 0 Å². The Morgan fingerprint density at radius 2 is 2.05 bits per heavy atom. The Hall–Kier alpha value is -1.13. The average Bonchev–Trinajstić information content (AvgIpc) is 2.64. The van der Waals surface area contributed by atoms with Gasteiger partial charge in [0.2, 0.25) is 0 Å². The number of hydrogen-bond donors (Lipinski definition) is 2. The van der Waals surface area contributed by atoms with Gasteiger partial charge in [0.05, 0.1) is 0 Å². The van der Waals surface area contributed by atoms with Crippen molar-refractivity contribution >= 4 is 5.69 Å². The third kappa shape index (κ3) is 2.47. The molecule has 2 saturated heterocycles. The standard InChI is InChI=1S/C15H24N4/c1-19-12-2-3-13(19)7-10(6-12)15(17)8-11-9-18-5-4-14(11)16/h4-5,9-10,12-13,15H,2-3,6-8,17H2,1H3,(H2,16,18). The number of anilines is 1. The van der Waals surface area contributed by atoms with E-state index >= 15 is 0 Å². The first-order chi connectivity index (χ1) is 9.15. The van der Waals surface area contributed by atoms with E-state index < -0.39 is 0 Å². The maximum Gasteiger partial charge on any atom is 0.0378 e. The van der Waals surface area contributed by atoms with Crippen LogP contribution in [0.15, 0.2) is 18.5 Å². The normalized spacial score (nSPS) is 32.4. The van der Waals surface area contributed by atoms with Gasteiger partial charge in [-0.25, -0.2) is 0 Å². The number of nitrogen functional groups attached to an aromatic ring is 1. The van der Waals surface area contributed by atoms with Crippen LogP contribution in [0, 0.1) is 5.92 Å². The van der Waals surface area contributed by atoms with Crippen LogP contribution in [0.1, 0.15) is 31.2 Å². The molecule has 2 fully saturated rings. The number of rotatable bonds is 3. The number of piperidine rings is 1. The van der Waals surface area contributed by atoms with Gasteiger partial charge in [0.25, 0.3) is 0 Å². The zero-order valence-electron chi connectivity index (χ0n) is 11.6. The van der Waals surface area contributed by atoms with Crippen LogP contribution in [0.5, 0.6) is 0 Å². The molecule has 2 aliphatic heterocycles. The summed E-state index contributed by atoms with van der Waals surface area (Å²) < 4.78 is 0. The highest BCUT2D eigenvalue weighted by Crippen LogP contribution is 2.38. The van der Waals surface area contributed by atoms with Crippen molar-refractivity contribution in [2.75, 3.05) is 12.8 Å².